The molecule has 0 amide bonds. The monoisotopic (exact) mass is 390 g/mol. The van der Waals surface area contributed by atoms with Crippen molar-refractivity contribution in [3.63, 3.8) is 0 Å². The number of benzene rings is 1. The van der Waals surface area contributed by atoms with E-state index in [1.54, 1.807) is 6.07 Å². The van der Waals surface area contributed by atoms with Gasteiger partial charge in [-0.25, -0.2) is 4.79 Å². The third kappa shape index (κ3) is 2.34. The Balaban J connectivity index is 2.45. The molecule has 1 heterocycles. The minimum absolute atomic E-state index is 0.0229. The summed E-state index contributed by atoms with van der Waals surface area (Å²) in [4.78, 5) is 23.9. The smallest absolute Gasteiger partial charge is 0.329 e. The van der Waals surface area contributed by atoms with Crippen molar-refractivity contribution in [2.75, 3.05) is 11.4 Å². The number of halogens is 1. The van der Waals surface area contributed by atoms with E-state index in [9.17, 15) is 20.0 Å². The van der Waals surface area contributed by atoms with Gasteiger partial charge < -0.3 is 10.0 Å². The molecule has 0 radical (unpaired) electrons. The summed E-state index contributed by atoms with van der Waals surface area (Å²) in [5.74, 6) is -0.827. The molecule has 7 heteroatoms. The van der Waals surface area contributed by atoms with Crippen LogP contribution in [0.25, 0.3) is 0 Å². The van der Waals surface area contributed by atoms with Crippen molar-refractivity contribution < 1.29 is 14.8 Å². The number of rotatable bonds is 4. The van der Waals surface area contributed by atoms with Gasteiger partial charge in [-0.05, 0) is 47.9 Å². The number of non-ortho nitro benzene ring substituents is 1. The van der Waals surface area contributed by atoms with E-state index in [1.807, 2.05) is 34.4 Å². The summed E-state index contributed by atoms with van der Waals surface area (Å²) in [7, 11) is 0. The van der Waals surface area contributed by atoms with E-state index in [4.69, 9.17) is 0 Å². The second kappa shape index (κ2) is 5.55. The predicted molar refractivity (Wildman–Crippen MR) is 83.1 cm³/mol. The number of carbonyl (C=O) groups is 1. The maximum Gasteiger partial charge on any atom is 0.329 e. The summed E-state index contributed by atoms with van der Waals surface area (Å²) in [6.07, 6.45) is 1.93. The molecule has 108 valence electrons. The van der Waals surface area contributed by atoms with Crippen molar-refractivity contribution in [3.8, 4) is 0 Å². The first-order valence-corrected chi connectivity index (χ1v) is 7.45. The van der Waals surface area contributed by atoms with Crippen LogP contribution in [0.4, 0.5) is 11.4 Å². The SMILES string of the molecule is CCC1(C(=O)O)CCCN1c1ccc([N+](=O)[O-])cc1I. The highest BCUT2D eigenvalue weighted by Gasteiger charge is 2.46. The first kappa shape index (κ1) is 15.0. The minimum atomic E-state index is -0.893. The van der Waals surface area contributed by atoms with E-state index >= 15 is 0 Å². The molecule has 0 aromatic heterocycles. The standard InChI is InChI=1S/C13H15IN2O4/c1-2-13(12(17)18)6-3-7-15(13)11-5-4-9(16(19)20)8-10(11)14/h4-5,8H,2-3,6-7H2,1H3,(H,17,18). The van der Waals surface area contributed by atoms with Crippen LogP contribution in [0, 0.1) is 13.7 Å². The van der Waals surface area contributed by atoms with Gasteiger partial charge >= 0.3 is 5.97 Å². The molecule has 0 aliphatic carbocycles. The molecule has 1 aromatic carbocycles. The van der Waals surface area contributed by atoms with Gasteiger partial charge in [0.25, 0.3) is 5.69 Å². The lowest BCUT2D eigenvalue weighted by Gasteiger charge is -2.36. The lowest BCUT2D eigenvalue weighted by Crippen LogP contribution is -2.50. The maximum absolute atomic E-state index is 11.7. The first-order chi connectivity index (χ1) is 9.42. The van der Waals surface area contributed by atoms with Crippen LogP contribution in [0.15, 0.2) is 18.2 Å². The zero-order chi connectivity index (χ0) is 14.9. The number of hydrogen-bond acceptors (Lipinski definition) is 4. The fraction of sp³-hybridized carbons (Fsp3) is 0.462. The number of hydrogen-bond donors (Lipinski definition) is 1. The highest BCUT2D eigenvalue weighted by Crippen LogP contribution is 2.39. The molecular formula is C13H15IN2O4. The third-order valence-corrected chi connectivity index (χ3v) is 4.77. The molecule has 1 aliphatic heterocycles. The van der Waals surface area contributed by atoms with Crippen molar-refractivity contribution in [1.82, 2.24) is 0 Å². The van der Waals surface area contributed by atoms with Gasteiger partial charge in [0.2, 0.25) is 0 Å². The third-order valence-electron chi connectivity index (χ3n) is 3.90. The fourth-order valence-corrected chi connectivity index (χ4v) is 3.59. The van der Waals surface area contributed by atoms with Crippen LogP contribution in [0.5, 0.6) is 0 Å². The van der Waals surface area contributed by atoms with Gasteiger partial charge in [0, 0.05) is 22.2 Å². The average molecular weight is 390 g/mol. The number of carboxylic acids is 1. The lowest BCUT2D eigenvalue weighted by atomic mass is 9.92. The Morgan fingerprint density at radius 2 is 2.30 bits per heavy atom. The van der Waals surface area contributed by atoms with Gasteiger partial charge in [-0.3, -0.25) is 10.1 Å². The van der Waals surface area contributed by atoms with E-state index in [1.165, 1.54) is 12.1 Å². The van der Waals surface area contributed by atoms with Crippen molar-refractivity contribution in [1.29, 1.82) is 0 Å². The molecule has 1 atom stereocenters. The lowest BCUT2D eigenvalue weighted by molar-refractivity contribution is -0.384. The molecule has 1 saturated heterocycles. The number of nitro benzene ring substituents is 1. The van der Waals surface area contributed by atoms with Crippen LogP contribution >= 0.6 is 22.6 Å². The Kier molecular flexibility index (Phi) is 4.17. The van der Waals surface area contributed by atoms with Gasteiger partial charge in [-0.1, -0.05) is 6.92 Å². The molecule has 1 fully saturated rings. The molecule has 6 nitrogen and oxygen atoms in total. The van der Waals surface area contributed by atoms with Crippen LogP contribution in [0.2, 0.25) is 0 Å². The molecule has 0 saturated carbocycles. The van der Waals surface area contributed by atoms with Crippen LogP contribution in [-0.2, 0) is 4.79 Å². The van der Waals surface area contributed by atoms with E-state index < -0.39 is 16.4 Å². The number of carboxylic acid groups (broad SMARTS) is 1. The second-order valence-electron chi connectivity index (χ2n) is 4.84. The van der Waals surface area contributed by atoms with Gasteiger partial charge in [0.15, 0.2) is 0 Å². The van der Waals surface area contributed by atoms with Crippen LogP contribution in [0.3, 0.4) is 0 Å². The molecule has 20 heavy (non-hydrogen) atoms. The Morgan fingerprint density at radius 1 is 1.60 bits per heavy atom. The number of nitro groups is 1. The molecule has 1 N–H and O–H groups in total. The van der Waals surface area contributed by atoms with Gasteiger partial charge in [-0.2, -0.15) is 0 Å². The van der Waals surface area contributed by atoms with E-state index in [0.717, 1.165) is 12.1 Å². The summed E-state index contributed by atoms with van der Waals surface area (Å²) >= 11 is 2.03. The van der Waals surface area contributed by atoms with Gasteiger partial charge in [-0.15, -0.1) is 0 Å². The molecule has 2 rings (SSSR count). The number of anilines is 1. The summed E-state index contributed by atoms with van der Waals surface area (Å²) in [5.41, 5.74) is -0.108. The Labute approximate surface area is 130 Å². The number of nitrogens with zero attached hydrogens (tertiary/aromatic N) is 2. The van der Waals surface area contributed by atoms with Crippen molar-refractivity contribution in [2.24, 2.45) is 0 Å². The van der Waals surface area contributed by atoms with Gasteiger partial charge in [0.05, 0.1) is 10.6 Å². The first-order valence-electron chi connectivity index (χ1n) is 6.37. The summed E-state index contributed by atoms with van der Waals surface area (Å²) in [6, 6.07) is 4.56. The van der Waals surface area contributed by atoms with Crippen molar-refractivity contribution in [2.45, 2.75) is 31.7 Å². The molecule has 1 aromatic rings. The molecule has 1 aliphatic rings. The van der Waals surface area contributed by atoms with Crippen molar-refractivity contribution >= 4 is 39.9 Å². The Morgan fingerprint density at radius 3 is 2.80 bits per heavy atom. The molecule has 1 unspecified atom stereocenters. The normalized spacial score (nSPS) is 22.0. The summed E-state index contributed by atoms with van der Waals surface area (Å²) < 4.78 is 0.706. The molecule has 0 spiro atoms. The number of aliphatic carboxylic acids is 1. The summed E-state index contributed by atoms with van der Waals surface area (Å²) in [5, 5.41) is 20.3. The maximum atomic E-state index is 11.7. The van der Waals surface area contributed by atoms with E-state index in [-0.39, 0.29) is 5.69 Å². The average Bonchev–Trinajstić information content (AvgIpc) is 2.83. The zero-order valence-electron chi connectivity index (χ0n) is 11.0. The highest BCUT2D eigenvalue weighted by atomic mass is 127. The second-order valence-corrected chi connectivity index (χ2v) is 6.00. The quantitative estimate of drug-likeness (QED) is 0.486. The molecular weight excluding hydrogens is 375 g/mol. The predicted octanol–water partition coefficient (Wildman–Crippen LogP) is 3.03. The summed E-state index contributed by atoms with van der Waals surface area (Å²) in [6.45, 7) is 2.53. The fourth-order valence-electron chi connectivity index (χ4n) is 2.80. The van der Waals surface area contributed by atoms with Crippen molar-refractivity contribution in [3.05, 3.63) is 31.9 Å². The topological polar surface area (TPSA) is 83.7 Å². The molecule has 0 bridgehead atoms. The Hall–Kier alpha value is -1.38. The van der Waals surface area contributed by atoms with Crippen LogP contribution in [0.1, 0.15) is 26.2 Å². The Bertz CT molecular complexity index is 563. The van der Waals surface area contributed by atoms with E-state index in [2.05, 4.69) is 0 Å². The minimum Gasteiger partial charge on any atom is -0.479 e. The van der Waals surface area contributed by atoms with Crippen LogP contribution < -0.4 is 4.90 Å². The highest BCUT2D eigenvalue weighted by molar-refractivity contribution is 14.1. The van der Waals surface area contributed by atoms with E-state index in [0.29, 0.717) is 23.0 Å². The van der Waals surface area contributed by atoms with Gasteiger partial charge in [0.1, 0.15) is 5.54 Å². The van der Waals surface area contributed by atoms with Crippen LogP contribution in [-0.4, -0.2) is 28.1 Å². The largest absolute Gasteiger partial charge is 0.479 e. The zero-order valence-corrected chi connectivity index (χ0v) is 13.2.